The molecule has 1 aliphatic heterocycles. The Balaban J connectivity index is 2.44. The SMILES string of the molecule is CCCC1(C(=O)c2ccc(Cl)c(Cl)n2)CCCN1C(=O)O. The summed E-state index contributed by atoms with van der Waals surface area (Å²) >= 11 is 11.7. The number of carboxylic acid groups (broad SMARTS) is 1. The van der Waals surface area contributed by atoms with Gasteiger partial charge in [0.05, 0.1) is 5.02 Å². The number of Topliss-reactive ketones (excluding diaryl/α,β-unsaturated/α-hetero) is 1. The molecule has 1 fully saturated rings. The third-order valence-electron chi connectivity index (χ3n) is 3.84. The summed E-state index contributed by atoms with van der Waals surface area (Å²) in [7, 11) is 0. The van der Waals surface area contributed by atoms with Crippen LogP contribution in [0.3, 0.4) is 0 Å². The molecule has 2 rings (SSSR count). The van der Waals surface area contributed by atoms with Gasteiger partial charge in [0.15, 0.2) is 0 Å². The third-order valence-corrected chi connectivity index (χ3v) is 4.53. The van der Waals surface area contributed by atoms with Gasteiger partial charge in [-0.2, -0.15) is 0 Å². The van der Waals surface area contributed by atoms with E-state index in [-0.39, 0.29) is 21.7 Å². The number of pyridine rings is 1. The van der Waals surface area contributed by atoms with Gasteiger partial charge in [0.25, 0.3) is 0 Å². The van der Waals surface area contributed by atoms with Crippen molar-refractivity contribution >= 4 is 35.1 Å². The molecular weight excluding hydrogens is 315 g/mol. The highest BCUT2D eigenvalue weighted by atomic mass is 35.5. The van der Waals surface area contributed by atoms with Gasteiger partial charge in [-0.3, -0.25) is 9.69 Å². The van der Waals surface area contributed by atoms with Crippen LogP contribution in [-0.4, -0.2) is 39.0 Å². The Morgan fingerprint density at radius 3 is 2.71 bits per heavy atom. The number of hydrogen-bond acceptors (Lipinski definition) is 3. The summed E-state index contributed by atoms with van der Waals surface area (Å²) < 4.78 is 0. The van der Waals surface area contributed by atoms with Crippen LogP contribution in [0.4, 0.5) is 4.79 Å². The molecule has 21 heavy (non-hydrogen) atoms. The van der Waals surface area contributed by atoms with Crippen molar-refractivity contribution in [2.75, 3.05) is 6.54 Å². The lowest BCUT2D eigenvalue weighted by Gasteiger charge is -2.35. The molecule has 1 aromatic rings. The minimum absolute atomic E-state index is 0.0500. The summed E-state index contributed by atoms with van der Waals surface area (Å²) in [6.07, 6.45) is 1.28. The number of likely N-dealkylation sites (tertiary alicyclic amines) is 1. The quantitative estimate of drug-likeness (QED) is 0.671. The lowest BCUT2D eigenvalue weighted by atomic mass is 9.84. The summed E-state index contributed by atoms with van der Waals surface area (Å²) in [5.41, 5.74) is -0.879. The Morgan fingerprint density at radius 2 is 2.14 bits per heavy atom. The summed E-state index contributed by atoms with van der Waals surface area (Å²) in [6, 6.07) is 3.00. The van der Waals surface area contributed by atoms with Gasteiger partial charge in [0.1, 0.15) is 16.4 Å². The zero-order valence-corrected chi connectivity index (χ0v) is 13.1. The minimum Gasteiger partial charge on any atom is -0.465 e. The first kappa shape index (κ1) is 16.0. The van der Waals surface area contributed by atoms with E-state index in [4.69, 9.17) is 23.2 Å². The lowest BCUT2D eigenvalue weighted by Crippen LogP contribution is -2.52. The number of halogens is 2. The zero-order chi connectivity index (χ0) is 15.6. The first-order chi connectivity index (χ1) is 9.92. The fourth-order valence-electron chi connectivity index (χ4n) is 2.96. The normalized spacial score (nSPS) is 21.6. The Bertz CT molecular complexity index is 579. The number of nitrogens with zero attached hydrogens (tertiary/aromatic N) is 2. The van der Waals surface area contributed by atoms with E-state index < -0.39 is 11.6 Å². The van der Waals surface area contributed by atoms with Crippen LogP contribution < -0.4 is 0 Å². The second-order valence-electron chi connectivity index (χ2n) is 5.12. The van der Waals surface area contributed by atoms with Crippen molar-refractivity contribution in [3.63, 3.8) is 0 Å². The van der Waals surface area contributed by atoms with Crippen molar-refractivity contribution in [3.8, 4) is 0 Å². The number of amides is 1. The summed E-state index contributed by atoms with van der Waals surface area (Å²) in [5.74, 6) is -0.303. The van der Waals surface area contributed by atoms with Crippen LogP contribution in [0.15, 0.2) is 12.1 Å². The molecule has 0 aliphatic carbocycles. The number of ketones is 1. The highest BCUT2D eigenvalue weighted by Gasteiger charge is 2.49. The molecule has 0 aromatic carbocycles. The highest BCUT2D eigenvalue weighted by molar-refractivity contribution is 6.41. The van der Waals surface area contributed by atoms with Crippen LogP contribution in [0.25, 0.3) is 0 Å². The first-order valence-corrected chi connectivity index (χ1v) is 7.55. The van der Waals surface area contributed by atoms with Crippen LogP contribution in [0, 0.1) is 0 Å². The predicted octanol–water partition coefficient (Wildman–Crippen LogP) is 3.88. The lowest BCUT2D eigenvalue weighted by molar-refractivity contribution is 0.0611. The van der Waals surface area contributed by atoms with Crippen LogP contribution in [0.1, 0.15) is 43.1 Å². The molecule has 0 radical (unpaired) electrons. The molecule has 1 aliphatic rings. The average Bonchev–Trinajstić information content (AvgIpc) is 2.86. The average molecular weight is 331 g/mol. The second kappa shape index (κ2) is 6.20. The van der Waals surface area contributed by atoms with Gasteiger partial charge in [-0.15, -0.1) is 0 Å². The Hall–Kier alpha value is -1.33. The predicted molar refractivity (Wildman–Crippen MR) is 80.2 cm³/mol. The van der Waals surface area contributed by atoms with Crippen LogP contribution in [-0.2, 0) is 0 Å². The van der Waals surface area contributed by atoms with E-state index in [0.717, 1.165) is 0 Å². The van der Waals surface area contributed by atoms with Crippen LogP contribution in [0.2, 0.25) is 10.2 Å². The Labute approximate surface area is 132 Å². The van der Waals surface area contributed by atoms with Crippen LogP contribution in [0.5, 0.6) is 0 Å². The van der Waals surface area contributed by atoms with Crippen LogP contribution >= 0.6 is 23.2 Å². The van der Waals surface area contributed by atoms with Crippen molar-refractivity contribution in [3.05, 3.63) is 28.0 Å². The van der Waals surface area contributed by atoms with E-state index in [1.54, 1.807) is 0 Å². The fraction of sp³-hybridized carbons (Fsp3) is 0.500. The molecule has 2 heterocycles. The summed E-state index contributed by atoms with van der Waals surface area (Å²) in [5, 5.41) is 9.69. The van der Waals surface area contributed by atoms with Crippen molar-refractivity contribution < 1.29 is 14.7 Å². The van der Waals surface area contributed by atoms with E-state index in [1.807, 2.05) is 6.92 Å². The third kappa shape index (κ3) is 2.85. The number of aromatic nitrogens is 1. The van der Waals surface area contributed by atoms with Gasteiger partial charge in [0.2, 0.25) is 5.78 Å². The molecule has 0 bridgehead atoms. The molecular formula is C14H16Cl2N2O3. The van der Waals surface area contributed by atoms with Crippen molar-refractivity contribution in [1.82, 2.24) is 9.88 Å². The molecule has 1 amide bonds. The van der Waals surface area contributed by atoms with Crippen molar-refractivity contribution in [2.45, 2.75) is 38.1 Å². The van der Waals surface area contributed by atoms with E-state index in [0.29, 0.717) is 32.2 Å². The Kier molecular flexibility index (Phi) is 4.74. The number of rotatable bonds is 4. The molecule has 1 saturated heterocycles. The largest absolute Gasteiger partial charge is 0.465 e. The van der Waals surface area contributed by atoms with E-state index in [9.17, 15) is 14.7 Å². The first-order valence-electron chi connectivity index (χ1n) is 6.80. The van der Waals surface area contributed by atoms with E-state index in [1.165, 1.54) is 17.0 Å². The highest BCUT2D eigenvalue weighted by Crippen LogP contribution is 2.37. The molecule has 1 unspecified atom stereocenters. The van der Waals surface area contributed by atoms with E-state index >= 15 is 0 Å². The second-order valence-corrected chi connectivity index (χ2v) is 5.88. The maximum atomic E-state index is 12.9. The smallest absolute Gasteiger partial charge is 0.408 e. The topological polar surface area (TPSA) is 70.5 Å². The Morgan fingerprint density at radius 1 is 1.43 bits per heavy atom. The molecule has 0 spiro atoms. The molecule has 1 N–H and O–H groups in total. The molecule has 1 atom stereocenters. The maximum absolute atomic E-state index is 12.9. The number of carbonyl (C=O) groups is 2. The molecule has 5 nitrogen and oxygen atoms in total. The minimum atomic E-state index is -1.07. The van der Waals surface area contributed by atoms with Gasteiger partial charge in [-0.05, 0) is 31.4 Å². The van der Waals surface area contributed by atoms with Gasteiger partial charge in [-0.25, -0.2) is 9.78 Å². The molecule has 0 saturated carbocycles. The van der Waals surface area contributed by atoms with E-state index in [2.05, 4.69) is 4.98 Å². The number of hydrogen-bond donors (Lipinski definition) is 1. The monoisotopic (exact) mass is 330 g/mol. The molecule has 114 valence electrons. The van der Waals surface area contributed by atoms with Gasteiger partial charge < -0.3 is 5.11 Å². The maximum Gasteiger partial charge on any atom is 0.408 e. The van der Waals surface area contributed by atoms with Gasteiger partial charge in [0, 0.05) is 6.54 Å². The summed E-state index contributed by atoms with van der Waals surface area (Å²) in [4.78, 5) is 29.6. The molecule has 7 heteroatoms. The number of carbonyl (C=O) groups excluding carboxylic acids is 1. The zero-order valence-electron chi connectivity index (χ0n) is 11.6. The fourth-order valence-corrected chi connectivity index (χ4v) is 3.22. The van der Waals surface area contributed by atoms with Gasteiger partial charge >= 0.3 is 6.09 Å². The molecule has 1 aromatic heterocycles. The van der Waals surface area contributed by atoms with Crippen molar-refractivity contribution in [2.24, 2.45) is 0 Å². The standard InChI is InChI=1S/C14H16Cl2N2O3/c1-2-6-14(7-3-8-18(14)13(20)21)11(19)10-5-4-9(15)12(16)17-10/h4-5H,2-3,6-8H2,1H3,(H,20,21). The van der Waals surface area contributed by atoms with Gasteiger partial charge in [-0.1, -0.05) is 36.5 Å². The van der Waals surface area contributed by atoms with Crippen molar-refractivity contribution in [1.29, 1.82) is 0 Å². The summed E-state index contributed by atoms with van der Waals surface area (Å²) in [6.45, 7) is 2.29.